The van der Waals surface area contributed by atoms with Gasteiger partial charge in [0.2, 0.25) is 0 Å². The van der Waals surface area contributed by atoms with Crippen molar-refractivity contribution in [3.63, 3.8) is 0 Å². The Morgan fingerprint density at radius 2 is 2.11 bits per heavy atom. The van der Waals surface area contributed by atoms with Crippen LogP contribution in [0.3, 0.4) is 0 Å². The molecule has 2 N–H and O–H groups in total. The molecule has 0 amide bonds. The number of hydrogen-bond acceptors (Lipinski definition) is 3. The average Bonchev–Trinajstić information content (AvgIpc) is 2.40. The Labute approximate surface area is 116 Å². The first-order chi connectivity index (χ1) is 8.72. The Hall–Kier alpha value is -0.970. The molecule has 1 aliphatic rings. The van der Waals surface area contributed by atoms with Gasteiger partial charge in [0, 0.05) is 13.1 Å². The van der Waals surface area contributed by atoms with Crippen LogP contribution in [0.2, 0.25) is 5.02 Å². The van der Waals surface area contributed by atoms with Crippen LogP contribution in [0.25, 0.3) is 0 Å². The van der Waals surface area contributed by atoms with Gasteiger partial charge in [-0.3, -0.25) is 0 Å². The van der Waals surface area contributed by atoms with E-state index in [-0.39, 0.29) is 5.88 Å². The van der Waals surface area contributed by atoms with Crippen molar-refractivity contribution in [1.29, 1.82) is 0 Å². The van der Waals surface area contributed by atoms with Crippen LogP contribution >= 0.6 is 23.2 Å². The van der Waals surface area contributed by atoms with Gasteiger partial charge in [-0.25, -0.2) is 4.99 Å². The van der Waals surface area contributed by atoms with Crippen LogP contribution in [0.4, 0.5) is 11.4 Å². The van der Waals surface area contributed by atoms with E-state index in [0.29, 0.717) is 24.1 Å². The standard InChI is InChI=1S/C12H15Cl2N3O/c13-8-11(15)16-10-3-1-2-9(14)12(10)17-4-6-18-7-5-17/h1-3H,4-8H2,(H2,15,16). The fourth-order valence-corrected chi connectivity index (χ4v) is 2.23. The zero-order chi connectivity index (χ0) is 13.0. The van der Waals surface area contributed by atoms with E-state index in [9.17, 15) is 0 Å². The predicted octanol–water partition coefficient (Wildman–Crippen LogP) is 2.40. The van der Waals surface area contributed by atoms with Crippen LogP contribution in [-0.2, 0) is 4.74 Å². The summed E-state index contributed by atoms with van der Waals surface area (Å²) in [6, 6.07) is 5.59. The minimum Gasteiger partial charge on any atom is -0.386 e. The molecule has 1 aromatic carbocycles. The van der Waals surface area contributed by atoms with Gasteiger partial charge in [0.15, 0.2) is 0 Å². The lowest BCUT2D eigenvalue weighted by Crippen LogP contribution is -2.36. The molecule has 1 saturated heterocycles. The number of aliphatic imine (C=N–C) groups is 1. The number of halogens is 2. The zero-order valence-electron chi connectivity index (χ0n) is 9.90. The van der Waals surface area contributed by atoms with Gasteiger partial charge in [0.05, 0.1) is 35.5 Å². The molecule has 18 heavy (non-hydrogen) atoms. The fourth-order valence-electron chi connectivity index (χ4n) is 1.88. The number of nitrogens with two attached hydrogens (primary N) is 1. The molecule has 1 aliphatic heterocycles. The number of alkyl halides is 1. The molecule has 1 heterocycles. The first-order valence-corrected chi connectivity index (χ1v) is 6.64. The number of hydrogen-bond donors (Lipinski definition) is 1. The number of ether oxygens (including phenoxy) is 1. The van der Waals surface area contributed by atoms with Gasteiger partial charge in [-0.15, -0.1) is 11.6 Å². The van der Waals surface area contributed by atoms with Crippen molar-refractivity contribution in [3.05, 3.63) is 23.2 Å². The summed E-state index contributed by atoms with van der Waals surface area (Å²) in [6.45, 7) is 2.98. The molecule has 0 aliphatic carbocycles. The van der Waals surface area contributed by atoms with E-state index in [1.807, 2.05) is 18.2 Å². The number of para-hydroxylation sites is 1. The summed E-state index contributed by atoms with van der Waals surface area (Å²) in [5, 5.41) is 0.667. The molecule has 0 atom stereocenters. The van der Waals surface area contributed by atoms with Gasteiger partial charge < -0.3 is 15.4 Å². The van der Waals surface area contributed by atoms with E-state index in [4.69, 9.17) is 33.7 Å². The summed E-state index contributed by atoms with van der Waals surface area (Å²) in [4.78, 5) is 6.47. The lowest BCUT2D eigenvalue weighted by atomic mass is 10.2. The van der Waals surface area contributed by atoms with Gasteiger partial charge in [-0.05, 0) is 12.1 Å². The van der Waals surface area contributed by atoms with Crippen molar-refractivity contribution in [2.75, 3.05) is 37.1 Å². The molecule has 0 radical (unpaired) electrons. The normalized spacial score (nSPS) is 17.0. The van der Waals surface area contributed by atoms with Gasteiger partial charge in [0.25, 0.3) is 0 Å². The number of amidine groups is 1. The summed E-state index contributed by atoms with van der Waals surface area (Å²) in [5.41, 5.74) is 7.34. The number of nitrogens with zero attached hydrogens (tertiary/aromatic N) is 2. The Kier molecular flexibility index (Phi) is 4.69. The molecule has 2 rings (SSSR count). The largest absolute Gasteiger partial charge is 0.386 e. The second-order valence-electron chi connectivity index (χ2n) is 3.94. The Bertz CT molecular complexity index is 445. The van der Waals surface area contributed by atoms with Crippen LogP contribution in [0.5, 0.6) is 0 Å². The first kappa shape index (κ1) is 13.5. The summed E-state index contributed by atoms with van der Waals surface area (Å²) in [7, 11) is 0. The zero-order valence-corrected chi connectivity index (χ0v) is 11.4. The molecule has 98 valence electrons. The molecule has 0 spiro atoms. The molecular weight excluding hydrogens is 273 g/mol. The number of morpholine rings is 1. The smallest absolute Gasteiger partial charge is 0.115 e. The third-order valence-electron chi connectivity index (χ3n) is 2.69. The molecule has 0 saturated carbocycles. The van der Waals surface area contributed by atoms with Crippen LogP contribution < -0.4 is 10.6 Å². The maximum atomic E-state index is 6.26. The molecule has 4 nitrogen and oxygen atoms in total. The highest BCUT2D eigenvalue weighted by molar-refractivity contribution is 6.34. The highest BCUT2D eigenvalue weighted by Crippen LogP contribution is 2.36. The van der Waals surface area contributed by atoms with Crippen LogP contribution in [0, 0.1) is 0 Å². The highest BCUT2D eigenvalue weighted by atomic mass is 35.5. The lowest BCUT2D eigenvalue weighted by Gasteiger charge is -2.30. The molecule has 0 aromatic heterocycles. The van der Waals surface area contributed by atoms with E-state index in [1.165, 1.54) is 0 Å². The Balaban J connectivity index is 2.37. The Morgan fingerprint density at radius 1 is 1.39 bits per heavy atom. The topological polar surface area (TPSA) is 50.8 Å². The van der Waals surface area contributed by atoms with Crippen LogP contribution in [0.15, 0.2) is 23.2 Å². The van der Waals surface area contributed by atoms with E-state index >= 15 is 0 Å². The highest BCUT2D eigenvalue weighted by Gasteiger charge is 2.17. The quantitative estimate of drug-likeness (QED) is 0.528. The molecule has 0 unspecified atom stereocenters. The van der Waals surface area contributed by atoms with E-state index < -0.39 is 0 Å². The van der Waals surface area contributed by atoms with Crippen LogP contribution in [-0.4, -0.2) is 38.0 Å². The average molecular weight is 288 g/mol. The number of anilines is 1. The summed E-state index contributed by atoms with van der Waals surface area (Å²) in [5.74, 6) is 0.586. The monoisotopic (exact) mass is 287 g/mol. The summed E-state index contributed by atoms with van der Waals surface area (Å²) >= 11 is 11.9. The maximum Gasteiger partial charge on any atom is 0.115 e. The number of rotatable bonds is 3. The molecule has 6 heteroatoms. The van der Waals surface area contributed by atoms with Crippen molar-refractivity contribution < 1.29 is 4.74 Å². The molecule has 1 fully saturated rings. The van der Waals surface area contributed by atoms with Gasteiger partial charge in [-0.1, -0.05) is 17.7 Å². The molecular formula is C12H15Cl2N3O. The Morgan fingerprint density at radius 3 is 2.78 bits per heavy atom. The first-order valence-electron chi connectivity index (χ1n) is 5.72. The minimum atomic E-state index is 0.203. The van der Waals surface area contributed by atoms with Crippen molar-refractivity contribution in [1.82, 2.24) is 0 Å². The minimum absolute atomic E-state index is 0.203. The number of benzene rings is 1. The second-order valence-corrected chi connectivity index (χ2v) is 4.62. The summed E-state index contributed by atoms with van der Waals surface area (Å²) in [6.07, 6.45) is 0. The predicted molar refractivity (Wildman–Crippen MR) is 76.5 cm³/mol. The molecule has 1 aromatic rings. The lowest BCUT2D eigenvalue weighted by molar-refractivity contribution is 0.123. The van der Waals surface area contributed by atoms with Crippen molar-refractivity contribution >= 4 is 40.4 Å². The third-order valence-corrected chi connectivity index (χ3v) is 3.27. The maximum absolute atomic E-state index is 6.26. The van der Waals surface area contributed by atoms with Crippen molar-refractivity contribution in [2.24, 2.45) is 10.7 Å². The van der Waals surface area contributed by atoms with E-state index in [0.717, 1.165) is 24.5 Å². The van der Waals surface area contributed by atoms with E-state index in [2.05, 4.69) is 9.89 Å². The second kappa shape index (κ2) is 6.27. The fraction of sp³-hybridized carbons (Fsp3) is 0.417. The molecule has 0 bridgehead atoms. The van der Waals surface area contributed by atoms with Crippen molar-refractivity contribution in [2.45, 2.75) is 0 Å². The SMILES string of the molecule is NC(CCl)=Nc1cccc(Cl)c1N1CCOCC1. The van der Waals surface area contributed by atoms with Gasteiger partial charge in [0.1, 0.15) is 5.84 Å². The van der Waals surface area contributed by atoms with E-state index in [1.54, 1.807) is 0 Å². The van der Waals surface area contributed by atoms with Gasteiger partial charge in [-0.2, -0.15) is 0 Å². The summed E-state index contributed by atoms with van der Waals surface area (Å²) < 4.78 is 5.34. The van der Waals surface area contributed by atoms with Crippen molar-refractivity contribution in [3.8, 4) is 0 Å². The van der Waals surface area contributed by atoms with Gasteiger partial charge >= 0.3 is 0 Å². The van der Waals surface area contributed by atoms with Crippen LogP contribution in [0.1, 0.15) is 0 Å². The third kappa shape index (κ3) is 3.07.